The Balaban J connectivity index is 2.19. The number of aryl methyl sites for hydroxylation is 1. The molecule has 0 saturated heterocycles. The lowest BCUT2D eigenvalue weighted by molar-refractivity contribution is -0.162. The molecule has 2 aromatic heterocycles. The van der Waals surface area contributed by atoms with Crippen LogP contribution in [0, 0.1) is 19.8 Å². The lowest BCUT2D eigenvalue weighted by atomic mass is 10.1. The van der Waals surface area contributed by atoms with Crippen LogP contribution in [0.4, 0.5) is 13.2 Å². The van der Waals surface area contributed by atoms with Crippen molar-refractivity contribution in [3.8, 4) is 0 Å². The Hall–Kier alpha value is -2.25. The number of rotatable bonds is 7. The van der Waals surface area contributed by atoms with Crippen LogP contribution in [0.25, 0.3) is 0 Å². The van der Waals surface area contributed by atoms with Crippen molar-refractivity contribution >= 4 is 5.91 Å². The maximum absolute atomic E-state index is 12.9. The summed E-state index contributed by atoms with van der Waals surface area (Å²) in [5.74, 6) is 0.0813. The van der Waals surface area contributed by atoms with Crippen LogP contribution in [0.1, 0.15) is 36.6 Å². The van der Waals surface area contributed by atoms with Gasteiger partial charge in [-0.2, -0.15) is 18.3 Å². The fourth-order valence-corrected chi connectivity index (χ4v) is 2.82. The van der Waals surface area contributed by atoms with Gasteiger partial charge in [-0.3, -0.25) is 9.48 Å². The largest absolute Gasteiger partial charge is 0.467 e. The van der Waals surface area contributed by atoms with Crippen LogP contribution in [0.5, 0.6) is 0 Å². The quantitative estimate of drug-likeness (QED) is 0.742. The van der Waals surface area contributed by atoms with Gasteiger partial charge in [0.2, 0.25) is 5.91 Å². The second-order valence-electron chi connectivity index (χ2n) is 6.85. The minimum absolute atomic E-state index is 0.119. The van der Waals surface area contributed by atoms with E-state index >= 15 is 0 Å². The Morgan fingerprint density at radius 1 is 1.35 bits per heavy atom. The molecule has 0 aliphatic rings. The van der Waals surface area contributed by atoms with Gasteiger partial charge in [-0.15, -0.1) is 0 Å². The smallest absolute Gasteiger partial charge is 0.406 e. The van der Waals surface area contributed by atoms with Gasteiger partial charge in [0.15, 0.2) is 0 Å². The molecule has 5 nitrogen and oxygen atoms in total. The summed E-state index contributed by atoms with van der Waals surface area (Å²) >= 11 is 0. The van der Waals surface area contributed by atoms with Gasteiger partial charge in [-0.25, -0.2) is 0 Å². The van der Waals surface area contributed by atoms with E-state index in [-0.39, 0.29) is 13.0 Å². The third-order valence-electron chi connectivity index (χ3n) is 4.05. The number of carbonyl (C=O) groups is 1. The van der Waals surface area contributed by atoms with Crippen molar-refractivity contribution in [1.82, 2.24) is 14.7 Å². The molecule has 144 valence electrons. The Morgan fingerprint density at radius 3 is 2.58 bits per heavy atom. The Bertz CT molecular complexity index is 734. The van der Waals surface area contributed by atoms with E-state index in [1.54, 1.807) is 19.1 Å². The van der Waals surface area contributed by atoms with Crippen molar-refractivity contribution in [3.05, 3.63) is 41.1 Å². The molecule has 0 radical (unpaired) electrons. The van der Waals surface area contributed by atoms with Crippen LogP contribution in [0.3, 0.4) is 0 Å². The zero-order chi connectivity index (χ0) is 19.5. The molecule has 0 aliphatic carbocycles. The predicted molar refractivity (Wildman–Crippen MR) is 90.4 cm³/mol. The topological polar surface area (TPSA) is 51.3 Å². The number of halogens is 3. The molecule has 2 aromatic rings. The molecule has 0 fully saturated rings. The number of furan rings is 1. The zero-order valence-electron chi connectivity index (χ0n) is 15.4. The van der Waals surface area contributed by atoms with Gasteiger partial charge in [0.1, 0.15) is 12.3 Å². The van der Waals surface area contributed by atoms with Gasteiger partial charge >= 0.3 is 6.18 Å². The molecule has 0 aliphatic heterocycles. The van der Waals surface area contributed by atoms with Crippen molar-refractivity contribution in [2.75, 3.05) is 6.54 Å². The molecule has 0 N–H and O–H groups in total. The summed E-state index contributed by atoms with van der Waals surface area (Å²) in [5, 5.41) is 4.42. The van der Waals surface area contributed by atoms with Crippen molar-refractivity contribution in [2.45, 2.75) is 53.4 Å². The molecule has 0 spiro atoms. The monoisotopic (exact) mass is 371 g/mol. The molecule has 0 bridgehead atoms. The first-order valence-electron chi connectivity index (χ1n) is 8.46. The van der Waals surface area contributed by atoms with E-state index < -0.39 is 18.6 Å². The van der Waals surface area contributed by atoms with E-state index in [9.17, 15) is 18.0 Å². The van der Waals surface area contributed by atoms with Crippen LogP contribution >= 0.6 is 0 Å². The highest BCUT2D eigenvalue weighted by molar-refractivity contribution is 5.79. The van der Waals surface area contributed by atoms with E-state index in [4.69, 9.17) is 4.42 Å². The van der Waals surface area contributed by atoms with Crippen LogP contribution in [-0.2, 0) is 24.3 Å². The number of amides is 1. The fourth-order valence-electron chi connectivity index (χ4n) is 2.82. The van der Waals surface area contributed by atoms with Gasteiger partial charge in [0.05, 0.1) is 24.9 Å². The van der Waals surface area contributed by atoms with Crippen LogP contribution < -0.4 is 0 Å². The summed E-state index contributed by atoms with van der Waals surface area (Å²) in [6.07, 6.45) is -3.23. The summed E-state index contributed by atoms with van der Waals surface area (Å²) < 4.78 is 45.6. The predicted octanol–water partition coefficient (Wildman–Crippen LogP) is 3.88. The third kappa shape index (κ3) is 5.37. The first-order valence-corrected chi connectivity index (χ1v) is 8.46. The van der Waals surface area contributed by atoms with Gasteiger partial charge in [-0.05, 0) is 31.9 Å². The van der Waals surface area contributed by atoms with Crippen molar-refractivity contribution in [3.63, 3.8) is 0 Å². The summed E-state index contributed by atoms with van der Waals surface area (Å²) in [4.78, 5) is 13.4. The van der Waals surface area contributed by atoms with Crippen LogP contribution in [0.15, 0.2) is 22.8 Å². The maximum Gasteiger partial charge on any atom is 0.406 e. The molecular weight excluding hydrogens is 347 g/mol. The number of aromatic nitrogens is 2. The first-order chi connectivity index (χ1) is 12.1. The molecule has 0 aromatic carbocycles. The van der Waals surface area contributed by atoms with Crippen LogP contribution in [-0.4, -0.2) is 33.3 Å². The van der Waals surface area contributed by atoms with Crippen molar-refractivity contribution in [1.29, 1.82) is 0 Å². The maximum atomic E-state index is 12.9. The number of hydrogen-bond donors (Lipinski definition) is 0. The van der Waals surface area contributed by atoms with Crippen LogP contribution in [0.2, 0.25) is 0 Å². The first kappa shape index (κ1) is 20.1. The molecule has 8 heteroatoms. The van der Waals surface area contributed by atoms with Gasteiger partial charge < -0.3 is 9.32 Å². The molecule has 2 rings (SSSR count). The van der Waals surface area contributed by atoms with Crippen molar-refractivity contribution < 1.29 is 22.4 Å². The highest BCUT2D eigenvalue weighted by Crippen LogP contribution is 2.21. The minimum atomic E-state index is -4.48. The van der Waals surface area contributed by atoms with E-state index in [1.165, 1.54) is 6.26 Å². The average Bonchev–Trinajstić information content (AvgIpc) is 3.09. The van der Waals surface area contributed by atoms with E-state index in [1.807, 2.05) is 11.6 Å². The highest BCUT2D eigenvalue weighted by Gasteiger charge is 2.34. The summed E-state index contributed by atoms with van der Waals surface area (Å²) in [7, 11) is 0. The molecule has 0 atom stereocenters. The number of hydrogen-bond acceptors (Lipinski definition) is 3. The third-order valence-corrected chi connectivity index (χ3v) is 4.05. The summed E-state index contributed by atoms with van der Waals surface area (Å²) in [6, 6.07) is 3.13. The Morgan fingerprint density at radius 2 is 2.04 bits per heavy atom. The molecule has 0 unspecified atom stereocenters. The number of carbonyl (C=O) groups excluding carboxylic acids is 1. The lowest BCUT2D eigenvalue weighted by Gasteiger charge is -2.23. The molecular formula is C18H24F3N3O2. The molecule has 0 saturated carbocycles. The van der Waals surface area contributed by atoms with Gasteiger partial charge in [0.25, 0.3) is 0 Å². The lowest BCUT2D eigenvalue weighted by Crippen LogP contribution is -2.39. The normalized spacial score (nSPS) is 12.0. The zero-order valence-corrected chi connectivity index (χ0v) is 15.4. The van der Waals surface area contributed by atoms with E-state index in [0.29, 0.717) is 29.5 Å². The number of alkyl halides is 3. The van der Waals surface area contributed by atoms with E-state index in [0.717, 1.165) is 10.6 Å². The second kappa shape index (κ2) is 7.97. The summed E-state index contributed by atoms with van der Waals surface area (Å²) in [6.45, 7) is 6.87. The average molecular weight is 371 g/mol. The Kier molecular flexibility index (Phi) is 6.15. The molecule has 26 heavy (non-hydrogen) atoms. The van der Waals surface area contributed by atoms with E-state index in [2.05, 4.69) is 18.9 Å². The highest BCUT2D eigenvalue weighted by atomic mass is 19.4. The second-order valence-corrected chi connectivity index (χ2v) is 6.85. The minimum Gasteiger partial charge on any atom is -0.467 e. The fraction of sp³-hybridized carbons (Fsp3) is 0.556. The molecule has 2 heterocycles. The molecule has 1 amide bonds. The SMILES string of the molecule is Cc1nn(CC(C)C)c(C)c1CC(=O)N(Cc1ccco1)CC(F)(F)F. The van der Waals surface area contributed by atoms with Gasteiger partial charge in [0, 0.05) is 17.8 Å². The Labute approximate surface area is 150 Å². The summed E-state index contributed by atoms with van der Waals surface area (Å²) in [5.41, 5.74) is 2.17. The standard InChI is InChI=1S/C18H24F3N3O2/c1-12(2)9-24-14(4)16(13(3)22-24)8-17(25)23(11-18(19,20)21)10-15-6-5-7-26-15/h5-7,12H,8-11H2,1-4H3. The number of nitrogens with zero attached hydrogens (tertiary/aromatic N) is 3. The van der Waals surface area contributed by atoms with Gasteiger partial charge in [-0.1, -0.05) is 13.8 Å². The van der Waals surface area contributed by atoms with Crippen molar-refractivity contribution in [2.24, 2.45) is 5.92 Å².